The molecule has 0 amide bonds. The first kappa shape index (κ1) is 13.6. The normalized spacial score (nSPS) is 19.0. The highest BCUT2D eigenvalue weighted by Gasteiger charge is 2.30. The van der Waals surface area contributed by atoms with E-state index in [1.54, 1.807) is 16.0 Å². The van der Waals surface area contributed by atoms with Gasteiger partial charge in [0.05, 0.1) is 13.1 Å². The van der Waals surface area contributed by atoms with Crippen LogP contribution in [0.3, 0.4) is 0 Å². The molecule has 0 radical (unpaired) electrons. The number of hydrogen-bond acceptors (Lipinski definition) is 0. The number of nitrogens with two attached hydrogens (primary N) is 1. The average Bonchev–Trinajstić information content (AvgIpc) is 2.37. The maximum Gasteiger partial charge on any atom is 0.163 e. The molecule has 0 fully saturated rings. The second kappa shape index (κ2) is 6.35. The van der Waals surface area contributed by atoms with E-state index in [0.717, 1.165) is 0 Å². The average molecular weight is 248 g/mol. The predicted molar refractivity (Wildman–Crippen MR) is 75.7 cm³/mol. The van der Waals surface area contributed by atoms with Crippen molar-refractivity contribution in [3.8, 4) is 0 Å². The number of hydrogen-bond donors (Lipinski definition) is 2. The van der Waals surface area contributed by atoms with Crippen molar-refractivity contribution in [2.75, 3.05) is 19.6 Å². The molecule has 2 heteroatoms. The second-order valence-electron chi connectivity index (χ2n) is 5.64. The Morgan fingerprint density at radius 1 is 1.22 bits per heavy atom. The first-order valence-corrected chi connectivity index (χ1v) is 7.52. The summed E-state index contributed by atoms with van der Waals surface area (Å²) in [6.45, 7) is 11.8. The van der Waals surface area contributed by atoms with Crippen LogP contribution in [-0.4, -0.2) is 19.6 Å². The Labute approximate surface area is 111 Å². The summed E-state index contributed by atoms with van der Waals surface area (Å²) in [7, 11) is 0. The first-order chi connectivity index (χ1) is 8.76. The zero-order valence-electron chi connectivity index (χ0n) is 12.1. The maximum absolute atomic E-state index is 2.48. The minimum Gasteiger partial charge on any atom is -0.337 e. The third kappa shape index (κ3) is 2.93. The fraction of sp³-hybridized carbons (Fsp3) is 0.625. The van der Waals surface area contributed by atoms with E-state index < -0.39 is 0 Å². The summed E-state index contributed by atoms with van der Waals surface area (Å²) in [6, 6.07) is 7.75. The molecule has 3 N–H and O–H groups in total. The van der Waals surface area contributed by atoms with Gasteiger partial charge >= 0.3 is 0 Å². The van der Waals surface area contributed by atoms with Crippen molar-refractivity contribution in [2.45, 2.75) is 46.2 Å². The van der Waals surface area contributed by atoms with Crippen LogP contribution in [0.5, 0.6) is 0 Å². The Balaban J connectivity index is 2.24. The van der Waals surface area contributed by atoms with E-state index in [-0.39, 0.29) is 0 Å². The van der Waals surface area contributed by atoms with Gasteiger partial charge in [-0.05, 0) is 25.8 Å². The molecule has 1 heterocycles. The molecule has 0 aliphatic carbocycles. The molecule has 0 unspecified atom stereocenters. The lowest BCUT2D eigenvalue weighted by atomic mass is 9.93. The second-order valence-corrected chi connectivity index (χ2v) is 5.64. The predicted octanol–water partition coefficient (Wildman–Crippen LogP) is 0.818. The van der Waals surface area contributed by atoms with Gasteiger partial charge in [-0.3, -0.25) is 0 Å². The molecule has 1 atom stereocenters. The molecule has 1 aliphatic heterocycles. The van der Waals surface area contributed by atoms with Gasteiger partial charge in [-0.2, -0.15) is 0 Å². The summed E-state index contributed by atoms with van der Waals surface area (Å²) in [5, 5.41) is 2.48. The van der Waals surface area contributed by atoms with E-state index in [9.17, 15) is 0 Å². The molecule has 0 saturated carbocycles. The lowest BCUT2D eigenvalue weighted by molar-refractivity contribution is -0.948. The van der Waals surface area contributed by atoms with Gasteiger partial charge in [-0.15, -0.1) is 0 Å². The van der Waals surface area contributed by atoms with Gasteiger partial charge in [0.2, 0.25) is 0 Å². The van der Waals surface area contributed by atoms with E-state index in [1.165, 1.54) is 44.6 Å². The van der Waals surface area contributed by atoms with Crippen molar-refractivity contribution in [1.29, 1.82) is 0 Å². The number of benzene rings is 1. The SMILES string of the molecule is CCC[NH+](CCC)[C@@H]1C[NH2+]Cc2cc(C)ccc21. The summed E-state index contributed by atoms with van der Waals surface area (Å²) < 4.78 is 0. The monoisotopic (exact) mass is 248 g/mol. The molecule has 0 saturated heterocycles. The smallest absolute Gasteiger partial charge is 0.163 e. The molecule has 2 rings (SSSR count). The third-order valence-electron chi connectivity index (χ3n) is 4.08. The van der Waals surface area contributed by atoms with E-state index in [0.29, 0.717) is 6.04 Å². The quantitative estimate of drug-likeness (QED) is 0.770. The Bertz CT molecular complexity index is 381. The van der Waals surface area contributed by atoms with Gasteiger partial charge in [0, 0.05) is 11.1 Å². The minimum atomic E-state index is 0.703. The zero-order chi connectivity index (χ0) is 13.0. The zero-order valence-corrected chi connectivity index (χ0v) is 12.1. The molecule has 100 valence electrons. The Morgan fingerprint density at radius 3 is 2.61 bits per heavy atom. The van der Waals surface area contributed by atoms with Gasteiger partial charge in [0.1, 0.15) is 13.1 Å². The number of nitrogens with one attached hydrogen (secondary N) is 1. The van der Waals surface area contributed by atoms with Crippen molar-refractivity contribution in [3.63, 3.8) is 0 Å². The van der Waals surface area contributed by atoms with Crippen molar-refractivity contribution in [1.82, 2.24) is 0 Å². The fourth-order valence-electron chi connectivity index (χ4n) is 3.29. The van der Waals surface area contributed by atoms with Crippen LogP contribution < -0.4 is 10.2 Å². The van der Waals surface area contributed by atoms with Crippen LogP contribution in [0.2, 0.25) is 0 Å². The van der Waals surface area contributed by atoms with E-state index in [2.05, 4.69) is 44.3 Å². The molecule has 1 aliphatic rings. The molecule has 1 aromatic carbocycles. The van der Waals surface area contributed by atoms with Crippen LogP contribution >= 0.6 is 0 Å². The molecule has 1 aromatic rings. The molecule has 0 aromatic heterocycles. The Hall–Kier alpha value is -0.860. The highest BCUT2D eigenvalue weighted by molar-refractivity contribution is 5.33. The molecule has 18 heavy (non-hydrogen) atoms. The van der Waals surface area contributed by atoms with Crippen LogP contribution in [0.1, 0.15) is 49.4 Å². The maximum atomic E-state index is 2.48. The van der Waals surface area contributed by atoms with Gasteiger partial charge in [-0.25, -0.2) is 0 Å². The van der Waals surface area contributed by atoms with E-state index in [1.807, 2.05) is 0 Å². The number of quaternary nitrogens is 2. The minimum absolute atomic E-state index is 0.703. The van der Waals surface area contributed by atoms with Crippen LogP contribution in [-0.2, 0) is 6.54 Å². The van der Waals surface area contributed by atoms with Crippen LogP contribution in [0, 0.1) is 6.92 Å². The van der Waals surface area contributed by atoms with Crippen molar-refractivity contribution < 1.29 is 10.2 Å². The highest BCUT2D eigenvalue weighted by atomic mass is 15.2. The van der Waals surface area contributed by atoms with Crippen LogP contribution in [0.15, 0.2) is 18.2 Å². The standard InChI is InChI=1S/C16H26N2/c1-4-8-18(9-5-2)16-12-17-11-14-10-13(3)6-7-15(14)16/h6-7,10,16-17H,4-5,8-9,11-12H2,1-3H3/p+2/t16-/m1/s1. The molecule has 2 nitrogen and oxygen atoms in total. The molecular weight excluding hydrogens is 220 g/mol. The summed E-state index contributed by atoms with van der Waals surface area (Å²) >= 11 is 0. The topological polar surface area (TPSA) is 21.1 Å². The first-order valence-electron chi connectivity index (χ1n) is 7.52. The molecular formula is C16H28N2+2. The van der Waals surface area contributed by atoms with Crippen molar-refractivity contribution in [2.24, 2.45) is 0 Å². The van der Waals surface area contributed by atoms with Gasteiger partial charge in [0.15, 0.2) is 6.04 Å². The van der Waals surface area contributed by atoms with Crippen LogP contribution in [0.4, 0.5) is 0 Å². The lowest BCUT2D eigenvalue weighted by Gasteiger charge is -2.31. The van der Waals surface area contributed by atoms with E-state index in [4.69, 9.17) is 0 Å². The van der Waals surface area contributed by atoms with Crippen molar-refractivity contribution in [3.05, 3.63) is 34.9 Å². The molecule has 0 spiro atoms. The highest BCUT2D eigenvalue weighted by Crippen LogP contribution is 2.18. The number of rotatable bonds is 5. The van der Waals surface area contributed by atoms with E-state index >= 15 is 0 Å². The largest absolute Gasteiger partial charge is 0.337 e. The number of fused-ring (bicyclic) bond motifs is 1. The summed E-state index contributed by atoms with van der Waals surface area (Å²) in [4.78, 5) is 1.78. The Kier molecular flexibility index (Phi) is 4.79. The summed E-state index contributed by atoms with van der Waals surface area (Å²) in [5.74, 6) is 0. The fourth-order valence-corrected chi connectivity index (χ4v) is 3.29. The van der Waals surface area contributed by atoms with Crippen molar-refractivity contribution >= 4 is 0 Å². The number of aryl methyl sites for hydroxylation is 1. The molecule has 0 bridgehead atoms. The van der Waals surface area contributed by atoms with Gasteiger partial charge < -0.3 is 10.2 Å². The summed E-state index contributed by atoms with van der Waals surface area (Å²) in [5.41, 5.74) is 4.58. The lowest BCUT2D eigenvalue weighted by Crippen LogP contribution is -3.15. The van der Waals surface area contributed by atoms with Crippen LogP contribution in [0.25, 0.3) is 0 Å². The Morgan fingerprint density at radius 2 is 1.94 bits per heavy atom. The summed E-state index contributed by atoms with van der Waals surface area (Å²) in [6.07, 6.45) is 2.57. The van der Waals surface area contributed by atoms with Gasteiger partial charge in [-0.1, -0.05) is 31.5 Å². The third-order valence-corrected chi connectivity index (χ3v) is 4.08. The van der Waals surface area contributed by atoms with Gasteiger partial charge in [0.25, 0.3) is 0 Å².